The van der Waals surface area contributed by atoms with E-state index in [2.05, 4.69) is 67.1 Å². The van der Waals surface area contributed by atoms with Crippen LogP contribution in [0.1, 0.15) is 0 Å². The Kier molecular flexibility index (Phi) is 20.0. The van der Waals surface area contributed by atoms with Crippen LogP contribution >= 0.6 is 67.1 Å². The van der Waals surface area contributed by atoms with Gasteiger partial charge in [-0.2, -0.15) is 0 Å². The van der Waals surface area contributed by atoms with Gasteiger partial charge in [0.05, 0.1) is 0 Å². The van der Waals surface area contributed by atoms with Crippen molar-refractivity contribution >= 4 is 136 Å². The first-order valence-electron chi connectivity index (χ1n) is 0.655. The zero-order valence-electron chi connectivity index (χ0n) is 1.71. The van der Waals surface area contributed by atoms with Crippen LogP contribution in [0.2, 0.25) is 0 Å². The van der Waals surface area contributed by atoms with Crippen molar-refractivity contribution in [1.82, 2.24) is 0 Å². The van der Waals surface area contributed by atoms with E-state index in [0.717, 1.165) is 0.282 Å². The van der Waals surface area contributed by atoms with Gasteiger partial charge in [0.2, 0.25) is 0 Å². The van der Waals surface area contributed by atoms with E-state index in [1.54, 1.807) is 0 Å². The second-order valence-electron chi connectivity index (χ2n) is 0.247. The summed E-state index contributed by atoms with van der Waals surface area (Å²) in [5.74, 6) is 0. The summed E-state index contributed by atoms with van der Waals surface area (Å²) in [5, 5.41) is 0. The molecule has 0 N–H and O–H groups in total. The average molecular weight is 525 g/mol. The van der Waals surface area contributed by atoms with Gasteiger partial charge in [-0.05, 0) is 0 Å². The Morgan fingerprint density at radius 3 is 1.00 bits per heavy atom. The Morgan fingerprint density at radius 2 is 1.00 bits per heavy atom. The summed E-state index contributed by atoms with van der Waals surface area (Å²) < 4.78 is 0.743. The molecule has 0 atom stereocenters. The molecule has 0 aromatic carbocycles. The minimum atomic E-state index is 0. The quantitative estimate of drug-likeness (QED) is 0.334. The zero-order chi connectivity index (χ0) is 3.58. The van der Waals surface area contributed by atoms with Gasteiger partial charge >= 0.3 is 69.2 Å². The summed E-state index contributed by atoms with van der Waals surface area (Å²) in [6, 6.07) is 0. The SMILES string of the molecule is IB(I)I.[CsH]. The summed E-state index contributed by atoms with van der Waals surface area (Å²) in [5.41, 5.74) is 0. The van der Waals surface area contributed by atoms with Crippen LogP contribution in [0.5, 0.6) is 0 Å². The molecule has 0 saturated carbocycles. The van der Waals surface area contributed by atoms with Crippen LogP contribution in [0.15, 0.2) is 0 Å². The molecule has 0 saturated heterocycles. The van der Waals surface area contributed by atoms with E-state index in [0.29, 0.717) is 0 Å². The van der Waals surface area contributed by atoms with E-state index in [4.69, 9.17) is 0 Å². The van der Waals surface area contributed by atoms with Crippen LogP contribution in [0.4, 0.5) is 0 Å². The van der Waals surface area contributed by atoms with Crippen LogP contribution in [0.3, 0.4) is 0 Å². The first-order chi connectivity index (χ1) is 1.73. The number of halogens is 3. The zero-order valence-corrected chi connectivity index (χ0v) is 8.18. The van der Waals surface area contributed by atoms with Crippen molar-refractivity contribution in [2.45, 2.75) is 0 Å². The molecule has 5 heavy (non-hydrogen) atoms. The van der Waals surface area contributed by atoms with E-state index in [1.807, 2.05) is 0 Å². The van der Waals surface area contributed by atoms with Crippen molar-refractivity contribution < 1.29 is 0 Å². The summed E-state index contributed by atoms with van der Waals surface area (Å²) in [7, 11) is 0. The average Bonchev–Trinajstić information content (AvgIpc) is 0.811. The van der Waals surface area contributed by atoms with Gasteiger partial charge in [0.1, 0.15) is 0 Å². The predicted octanol–water partition coefficient (Wildman–Crippen LogP) is 1.63. The third-order valence-corrected chi connectivity index (χ3v) is 0. The van der Waals surface area contributed by atoms with Gasteiger partial charge in [0.15, 0.2) is 0 Å². The fourth-order valence-corrected chi connectivity index (χ4v) is 0. The molecule has 0 spiro atoms. The van der Waals surface area contributed by atoms with Crippen molar-refractivity contribution in [2.24, 2.45) is 0 Å². The van der Waals surface area contributed by atoms with E-state index in [-0.39, 0.29) is 68.9 Å². The molecule has 0 amide bonds. The Hall–Kier alpha value is 4.31. The summed E-state index contributed by atoms with van der Waals surface area (Å²) in [6.07, 6.45) is 0. The molecule has 0 aliphatic heterocycles. The minimum absolute atomic E-state index is 0. The van der Waals surface area contributed by atoms with Crippen LogP contribution in [0.25, 0.3) is 0 Å². The first kappa shape index (κ1) is 12.0. The van der Waals surface area contributed by atoms with Gasteiger partial charge in [-0.25, -0.2) is 0 Å². The maximum atomic E-state index is 2.32. The standard InChI is InChI=1S/BI3.Cs.H/c2-1(3)4;;. The molecule has 0 aliphatic carbocycles. The Labute approximate surface area is 131 Å². The van der Waals surface area contributed by atoms with E-state index < -0.39 is 0 Å². The second kappa shape index (κ2) is 8.31. The topological polar surface area (TPSA) is 0 Å². The second-order valence-corrected chi connectivity index (χ2v) is 11.1. The molecule has 0 bridgehead atoms. The normalized spacial score (nSPS) is 5.40. The number of rotatable bonds is 0. The van der Waals surface area contributed by atoms with Crippen LogP contribution < -0.4 is 0 Å². The van der Waals surface area contributed by atoms with E-state index in [9.17, 15) is 0 Å². The van der Waals surface area contributed by atoms with Crippen LogP contribution in [-0.4, -0.2) is 69.2 Å². The third-order valence-electron chi connectivity index (χ3n) is 0. The summed E-state index contributed by atoms with van der Waals surface area (Å²) >= 11 is 6.95. The molecule has 0 aliphatic rings. The first-order valence-corrected chi connectivity index (χ1v) is 4.39. The fourth-order valence-electron chi connectivity index (χ4n) is 0. The molecular formula is HBCsI3. The molecule has 0 nitrogen and oxygen atoms in total. The Morgan fingerprint density at radius 1 is 1.00 bits per heavy atom. The molecule has 0 aromatic rings. The third kappa shape index (κ3) is 17.8. The van der Waals surface area contributed by atoms with Crippen molar-refractivity contribution in [1.29, 1.82) is 0 Å². The van der Waals surface area contributed by atoms with E-state index >= 15 is 0 Å². The molecule has 0 heterocycles. The molecule has 0 aromatic heterocycles. The number of hydrogen-bond acceptors (Lipinski definition) is 0. The predicted molar refractivity (Wildman–Crippen MR) is 55.0 cm³/mol. The van der Waals surface area contributed by atoms with Crippen molar-refractivity contribution in [2.75, 3.05) is 0 Å². The van der Waals surface area contributed by atoms with Gasteiger partial charge < -0.3 is 0 Å². The van der Waals surface area contributed by atoms with Gasteiger partial charge in [0, 0.05) is 0 Å². The van der Waals surface area contributed by atoms with E-state index in [1.165, 1.54) is 0 Å². The maximum absolute atomic E-state index is 2.32. The number of hydrogen-bond donors (Lipinski definition) is 0. The van der Waals surface area contributed by atoms with Gasteiger partial charge in [0.25, 0.3) is 0 Å². The molecule has 5 heteroatoms. The van der Waals surface area contributed by atoms with Crippen molar-refractivity contribution in [3.8, 4) is 0 Å². The Bertz CT molecular complexity index is 11.6. The molecule has 0 fully saturated rings. The van der Waals surface area contributed by atoms with Gasteiger partial charge in [-0.15, -0.1) is 67.1 Å². The monoisotopic (exact) mass is 526 g/mol. The molecule has 0 unspecified atom stereocenters. The van der Waals surface area contributed by atoms with Crippen LogP contribution in [-0.2, 0) is 0 Å². The van der Waals surface area contributed by atoms with Crippen LogP contribution in [0, 0.1) is 0 Å². The van der Waals surface area contributed by atoms with Crippen molar-refractivity contribution in [3.63, 3.8) is 0 Å². The van der Waals surface area contributed by atoms with Gasteiger partial charge in [-0.1, -0.05) is 0 Å². The molecule has 0 radical (unpaired) electrons. The van der Waals surface area contributed by atoms with Gasteiger partial charge in [-0.3, -0.25) is 0 Å². The molecule has 0 rings (SSSR count). The molecule has 26 valence electrons. The molecular weight excluding hydrogens is 524 g/mol. The fraction of sp³-hybridized carbons (Fsp3) is 0. The summed E-state index contributed by atoms with van der Waals surface area (Å²) in [6.45, 7) is 0. The summed E-state index contributed by atoms with van der Waals surface area (Å²) in [4.78, 5) is 0. The van der Waals surface area contributed by atoms with Crippen molar-refractivity contribution in [3.05, 3.63) is 0 Å². The Balaban J connectivity index is 0.